The van der Waals surface area contributed by atoms with Crippen LogP contribution in [0.25, 0.3) is 0 Å². The van der Waals surface area contributed by atoms with E-state index < -0.39 is 5.82 Å². The second-order valence-corrected chi connectivity index (χ2v) is 3.99. The van der Waals surface area contributed by atoms with Crippen molar-refractivity contribution in [2.45, 2.75) is 26.2 Å². The van der Waals surface area contributed by atoms with Crippen LogP contribution in [0, 0.1) is 5.82 Å². The van der Waals surface area contributed by atoms with Gasteiger partial charge in [0.1, 0.15) is 5.82 Å². The summed E-state index contributed by atoms with van der Waals surface area (Å²) in [4.78, 5) is 11.4. The molecular weight excluding hydrogens is 239 g/mol. The van der Waals surface area contributed by atoms with Crippen molar-refractivity contribution in [1.82, 2.24) is 5.32 Å². The summed E-state index contributed by atoms with van der Waals surface area (Å²) in [5.74, 6) is -0.557. The van der Waals surface area contributed by atoms with Crippen LogP contribution < -0.4 is 10.6 Å². The molecule has 0 radical (unpaired) electrons. The Morgan fingerprint density at radius 3 is 2.76 bits per heavy atom. The molecule has 92 valence electrons. The molecule has 1 aromatic carbocycles. The van der Waals surface area contributed by atoms with Gasteiger partial charge in [0.25, 0.3) is 0 Å². The SMILES string of the molecule is CCCCC(=O)NC(=S)Nc1ccccc1F. The molecule has 0 unspecified atom stereocenters. The van der Waals surface area contributed by atoms with Crippen molar-refractivity contribution in [3.8, 4) is 0 Å². The van der Waals surface area contributed by atoms with Gasteiger partial charge in [-0.2, -0.15) is 0 Å². The fourth-order valence-corrected chi connectivity index (χ4v) is 1.47. The van der Waals surface area contributed by atoms with Crippen molar-refractivity contribution in [3.63, 3.8) is 0 Å². The van der Waals surface area contributed by atoms with Crippen LogP contribution in [0.1, 0.15) is 26.2 Å². The molecule has 0 aliphatic carbocycles. The summed E-state index contributed by atoms with van der Waals surface area (Å²) in [6.45, 7) is 2.00. The number of carbonyl (C=O) groups excluding carboxylic acids is 1. The second kappa shape index (κ2) is 6.96. The lowest BCUT2D eigenvalue weighted by molar-refractivity contribution is -0.119. The van der Waals surface area contributed by atoms with E-state index in [1.807, 2.05) is 6.92 Å². The Morgan fingerprint density at radius 1 is 1.41 bits per heavy atom. The summed E-state index contributed by atoms with van der Waals surface area (Å²) in [5, 5.41) is 5.27. The van der Waals surface area contributed by atoms with Crippen molar-refractivity contribution < 1.29 is 9.18 Å². The summed E-state index contributed by atoms with van der Waals surface area (Å²) in [6.07, 6.45) is 2.19. The lowest BCUT2D eigenvalue weighted by Crippen LogP contribution is -2.34. The summed E-state index contributed by atoms with van der Waals surface area (Å²) in [6, 6.07) is 6.15. The predicted octanol–water partition coefficient (Wildman–Crippen LogP) is 2.83. The second-order valence-electron chi connectivity index (χ2n) is 3.59. The van der Waals surface area contributed by atoms with Crippen LogP contribution in [0.5, 0.6) is 0 Å². The quantitative estimate of drug-likeness (QED) is 0.812. The van der Waals surface area contributed by atoms with E-state index in [9.17, 15) is 9.18 Å². The number of hydrogen-bond acceptors (Lipinski definition) is 2. The van der Waals surface area contributed by atoms with Crippen LogP contribution in [0.15, 0.2) is 24.3 Å². The summed E-state index contributed by atoms with van der Waals surface area (Å²) in [5.41, 5.74) is 0.258. The standard InChI is InChI=1S/C12H15FN2OS/c1-2-3-8-11(16)15-12(17)14-10-7-5-4-6-9(10)13/h4-7H,2-3,8H2,1H3,(H2,14,15,16,17). The molecule has 5 heteroatoms. The molecule has 0 aromatic heterocycles. The van der Waals surface area contributed by atoms with E-state index in [4.69, 9.17) is 12.2 Å². The van der Waals surface area contributed by atoms with Crippen LogP contribution in [-0.4, -0.2) is 11.0 Å². The zero-order valence-electron chi connectivity index (χ0n) is 9.63. The average molecular weight is 254 g/mol. The van der Waals surface area contributed by atoms with E-state index in [0.717, 1.165) is 12.8 Å². The molecule has 17 heavy (non-hydrogen) atoms. The molecule has 0 aliphatic rings. The van der Waals surface area contributed by atoms with Crippen LogP contribution in [-0.2, 0) is 4.79 Å². The Kier molecular flexibility index (Phi) is 5.56. The first-order valence-corrected chi connectivity index (χ1v) is 5.89. The number of unbranched alkanes of at least 4 members (excludes halogenated alkanes) is 1. The first-order chi connectivity index (χ1) is 8.13. The van der Waals surface area contributed by atoms with Gasteiger partial charge < -0.3 is 10.6 Å². The molecule has 0 atom stereocenters. The van der Waals surface area contributed by atoms with E-state index in [-0.39, 0.29) is 16.7 Å². The molecule has 1 rings (SSSR count). The maximum atomic E-state index is 13.3. The van der Waals surface area contributed by atoms with Gasteiger partial charge in [-0.1, -0.05) is 25.5 Å². The van der Waals surface area contributed by atoms with Gasteiger partial charge in [0.2, 0.25) is 5.91 Å². The van der Waals surface area contributed by atoms with Gasteiger partial charge in [-0.25, -0.2) is 4.39 Å². The highest BCUT2D eigenvalue weighted by molar-refractivity contribution is 7.80. The Morgan fingerprint density at radius 2 is 2.12 bits per heavy atom. The molecule has 0 bridgehead atoms. The Bertz CT molecular complexity index is 409. The number of amides is 1. The number of rotatable bonds is 4. The van der Waals surface area contributed by atoms with Crippen LogP contribution in [0.2, 0.25) is 0 Å². The molecule has 2 N–H and O–H groups in total. The van der Waals surface area contributed by atoms with Gasteiger partial charge in [-0.15, -0.1) is 0 Å². The fourth-order valence-electron chi connectivity index (χ4n) is 1.24. The average Bonchev–Trinajstić information content (AvgIpc) is 2.29. The van der Waals surface area contributed by atoms with Crippen LogP contribution in [0.4, 0.5) is 10.1 Å². The van der Waals surface area contributed by atoms with Gasteiger partial charge in [-0.3, -0.25) is 4.79 Å². The lowest BCUT2D eigenvalue weighted by atomic mass is 10.2. The maximum Gasteiger partial charge on any atom is 0.226 e. The highest BCUT2D eigenvalue weighted by atomic mass is 32.1. The van der Waals surface area contributed by atoms with Gasteiger partial charge in [0.05, 0.1) is 5.69 Å². The third kappa shape index (κ3) is 4.91. The zero-order valence-corrected chi connectivity index (χ0v) is 10.4. The molecular formula is C12H15FN2OS. The largest absolute Gasteiger partial charge is 0.330 e. The van der Waals surface area contributed by atoms with E-state index in [1.54, 1.807) is 18.2 Å². The van der Waals surface area contributed by atoms with Gasteiger partial charge in [-0.05, 0) is 30.8 Å². The minimum atomic E-state index is -0.405. The molecule has 0 saturated carbocycles. The van der Waals surface area contributed by atoms with Gasteiger partial charge in [0, 0.05) is 6.42 Å². The number of nitrogens with one attached hydrogen (secondary N) is 2. The van der Waals surface area contributed by atoms with E-state index >= 15 is 0 Å². The first-order valence-electron chi connectivity index (χ1n) is 5.49. The Hall–Kier alpha value is -1.49. The van der Waals surface area contributed by atoms with E-state index in [1.165, 1.54) is 6.07 Å². The number of para-hydroxylation sites is 1. The minimum Gasteiger partial charge on any atom is -0.330 e. The van der Waals surface area contributed by atoms with Crippen LogP contribution in [0.3, 0.4) is 0 Å². The smallest absolute Gasteiger partial charge is 0.226 e. The van der Waals surface area contributed by atoms with Crippen molar-refractivity contribution in [2.24, 2.45) is 0 Å². The normalized spacial score (nSPS) is 9.76. The number of carbonyl (C=O) groups is 1. The maximum absolute atomic E-state index is 13.3. The zero-order chi connectivity index (χ0) is 12.7. The van der Waals surface area contributed by atoms with Gasteiger partial charge in [0.15, 0.2) is 5.11 Å². The monoisotopic (exact) mass is 254 g/mol. The third-order valence-electron chi connectivity index (χ3n) is 2.13. The minimum absolute atomic E-state index is 0.121. The fraction of sp³-hybridized carbons (Fsp3) is 0.333. The number of thiocarbonyl (C=S) groups is 1. The van der Waals surface area contributed by atoms with Crippen molar-refractivity contribution in [2.75, 3.05) is 5.32 Å². The van der Waals surface area contributed by atoms with E-state index in [2.05, 4.69) is 10.6 Å². The van der Waals surface area contributed by atoms with Crippen molar-refractivity contribution in [1.29, 1.82) is 0 Å². The lowest BCUT2D eigenvalue weighted by Gasteiger charge is -2.09. The number of anilines is 1. The summed E-state index contributed by atoms with van der Waals surface area (Å²) >= 11 is 4.91. The third-order valence-corrected chi connectivity index (χ3v) is 2.34. The molecule has 3 nitrogen and oxygen atoms in total. The molecule has 0 spiro atoms. The molecule has 1 amide bonds. The molecule has 0 saturated heterocycles. The number of halogens is 1. The van der Waals surface area contributed by atoms with E-state index in [0.29, 0.717) is 6.42 Å². The van der Waals surface area contributed by atoms with Crippen molar-refractivity contribution in [3.05, 3.63) is 30.1 Å². The molecule has 0 fully saturated rings. The van der Waals surface area contributed by atoms with Gasteiger partial charge >= 0.3 is 0 Å². The molecule has 1 aromatic rings. The summed E-state index contributed by atoms with van der Waals surface area (Å²) < 4.78 is 13.3. The topological polar surface area (TPSA) is 41.1 Å². The predicted molar refractivity (Wildman–Crippen MR) is 70.3 cm³/mol. The number of hydrogen-bond donors (Lipinski definition) is 2. The Labute approximate surface area is 105 Å². The van der Waals surface area contributed by atoms with Crippen molar-refractivity contribution >= 4 is 28.9 Å². The first kappa shape index (κ1) is 13.6. The molecule has 0 heterocycles. The molecule has 0 aliphatic heterocycles. The number of benzene rings is 1. The Balaban J connectivity index is 2.45. The highest BCUT2D eigenvalue weighted by Gasteiger charge is 2.06. The summed E-state index contributed by atoms with van der Waals surface area (Å²) in [7, 11) is 0. The van der Waals surface area contributed by atoms with Crippen LogP contribution >= 0.6 is 12.2 Å². The highest BCUT2D eigenvalue weighted by Crippen LogP contribution is 2.11.